The Balaban J connectivity index is 2.71. The number of hydrogen-bond donors (Lipinski definition) is 1. The second-order valence-electron chi connectivity index (χ2n) is 4.62. The molecule has 0 saturated carbocycles. The highest BCUT2D eigenvalue weighted by Crippen LogP contribution is 2.26. The Bertz CT molecular complexity index is 309. The quantitative estimate of drug-likeness (QED) is 0.820. The summed E-state index contributed by atoms with van der Waals surface area (Å²) in [5.74, 6) is 1.41. The molecule has 0 aromatic heterocycles. The van der Waals surface area contributed by atoms with Crippen molar-refractivity contribution in [1.29, 1.82) is 0 Å². The molecule has 0 aliphatic rings. The molecule has 0 aliphatic heterocycles. The molecular weight excluding hydrogens is 186 g/mol. The summed E-state index contributed by atoms with van der Waals surface area (Å²) in [6, 6.07) is 7.56. The summed E-state index contributed by atoms with van der Waals surface area (Å²) in [6.45, 7) is 5.52. The standard InChI is InChI=1S/C13H21NO/c1-10(9-14(3)4)11(2)12-6-5-7-13(15)8-12/h5-8,10-11,15H,9H2,1-4H3/t10?,11-/m1/s1. The van der Waals surface area contributed by atoms with Gasteiger partial charge in [-0.3, -0.25) is 0 Å². The Morgan fingerprint density at radius 2 is 1.93 bits per heavy atom. The molecule has 0 radical (unpaired) electrons. The molecule has 0 aliphatic carbocycles. The van der Waals surface area contributed by atoms with Gasteiger partial charge in [0.1, 0.15) is 5.75 Å². The van der Waals surface area contributed by atoms with Crippen molar-refractivity contribution < 1.29 is 5.11 Å². The maximum atomic E-state index is 9.42. The summed E-state index contributed by atoms with van der Waals surface area (Å²) < 4.78 is 0. The van der Waals surface area contributed by atoms with Crippen LogP contribution in [-0.2, 0) is 0 Å². The summed E-state index contributed by atoms with van der Waals surface area (Å²) in [5, 5.41) is 9.42. The van der Waals surface area contributed by atoms with Crippen LogP contribution in [0.25, 0.3) is 0 Å². The maximum Gasteiger partial charge on any atom is 0.115 e. The lowest BCUT2D eigenvalue weighted by molar-refractivity contribution is 0.313. The molecule has 15 heavy (non-hydrogen) atoms. The lowest BCUT2D eigenvalue weighted by atomic mass is 9.88. The van der Waals surface area contributed by atoms with E-state index in [2.05, 4.69) is 38.9 Å². The van der Waals surface area contributed by atoms with E-state index in [4.69, 9.17) is 0 Å². The first-order chi connectivity index (χ1) is 7.00. The molecule has 0 heterocycles. The van der Waals surface area contributed by atoms with Crippen LogP contribution in [0.1, 0.15) is 25.3 Å². The van der Waals surface area contributed by atoms with Gasteiger partial charge in [0.25, 0.3) is 0 Å². The van der Waals surface area contributed by atoms with Crippen LogP contribution in [0.4, 0.5) is 0 Å². The van der Waals surface area contributed by atoms with E-state index in [0.717, 1.165) is 6.54 Å². The lowest BCUT2D eigenvalue weighted by Gasteiger charge is -2.23. The van der Waals surface area contributed by atoms with Crippen LogP contribution in [0, 0.1) is 5.92 Å². The number of nitrogens with zero attached hydrogens (tertiary/aromatic N) is 1. The van der Waals surface area contributed by atoms with E-state index >= 15 is 0 Å². The Hall–Kier alpha value is -1.02. The van der Waals surface area contributed by atoms with Gasteiger partial charge in [-0.2, -0.15) is 0 Å². The highest BCUT2D eigenvalue weighted by molar-refractivity contribution is 5.29. The molecule has 2 atom stereocenters. The van der Waals surface area contributed by atoms with E-state index in [-0.39, 0.29) is 0 Å². The van der Waals surface area contributed by atoms with Crippen molar-refractivity contribution in [2.75, 3.05) is 20.6 Å². The third-order valence-electron chi connectivity index (χ3n) is 2.90. The van der Waals surface area contributed by atoms with E-state index in [1.165, 1.54) is 5.56 Å². The molecule has 0 spiro atoms. The zero-order valence-electron chi connectivity index (χ0n) is 10.1. The first-order valence-corrected chi connectivity index (χ1v) is 5.44. The molecule has 1 unspecified atom stereocenters. The first kappa shape index (κ1) is 12.1. The Morgan fingerprint density at radius 3 is 2.47 bits per heavy atom. The molecule has 0 saturated heterocycles. The van der Waals surface area contributed by atoms with Crippen molar-refractivity contribution in [1.82, 2.24) is 4.90 Å². The van der Waals surface area contributed by atoms with Crippen molar-refractivity contribution in [2.24, 2.45) is 5.92 Å². The van der Waals surface area contributed by atoms with Crippen molar-refractivity contribution in [2.45, 2.75) is 19.8 Å². The summed E-state index contributed by atoms with van der Waals surface area (Å²) >= 11 is 0. The molecule has 1 rings (SSSR count). The fraction of sp³-hybridized carbons (Fsp3) is 0.538. The zero-order valence-corrected chi connectivity index (χ0v) is 10.1. The van der Waals surface area contributed by atoms with E-state index in [1.54, 1.807) is 6.07 Å². The van der Waals surface area contributed by atoms with Gasteiger partial charge < -0.3 is 10.0 Å². The van der Waals surface area contributed by atoms with Gasteiger partial charge in [-0.05, 0) is 43.6 Å². The topological polar surface area (TPSA) is 23.5 Å². The minimum Gasteiger partial charge on any atom is -0.508 e. The molecule has 1 aromatic rings. The smallest absolute Gasteiger partial charge is 0.115 e. The van der Waals surface area contributed by atoms with Crippen LogP contribution in [-0.4, -0.2) is 30.6 Å². The second-order valence-corrected chi connectivity index (χ2v) is 4.62. The molecule has 2 nitrogen and oxygen atoms in total. The predicted molar refractivity (Wildman–Crippen MR) is 64.2 cm³/mol. The number of phenolic OH excluding ortho intramolecular Hbond substituents is 1. The molecule has 1 N–H and O–H groups in total. The van der Waals surface area contributed by atoms with Gasteiger partial charge in [-0.1, -0.05) is 26.0 Å². The molecule has 1 aromatic carbocycles. The van der Waals surface area contributed by atoms with Crippen molar-refractivity contribution in [3.8, 4) is 5.75 Å². The number of rotatable bonds is 4. The monoisotopic (exact) mass is 207 g/mol. The van der Waals surface area contributed by atoms with Crippen LogP contribution in [0.5, 0.6) is 5.75 Å². The number of phenols is 1. The third kappa shape index (κ3) is 3.56. The van der Waals surface area contributed by atoms with E-state index in [0.29, 0.717) is 17.6 Å². The van der Waals surface area contributed by atoms with Gasteiger partial charge in [0.2, 0.25) is 0 Å². The van der Waals surface area contributed by atoms with Gasteiger partial charge in [-0.25, -0.2) is 0 Å². The molecule has 0 bridgehead atoms. The van der Waals surface area contributed by atoms with Crippen LogP contribution in [0.15, 0.2) is 24.3 Å². The number of aromatic hydroxyl groups is 1. The summed E-state index contributed by atoms with van der Waals surface area (Å²) in [7, 11) is 4.18. The van der Waals surface area contributed by atoms with Crippen LogP contribution < -0.4 is 0 Å². The van der Waals surface area contributed by atoms with Gasteiger partial charge in [0.15, 0.2) is 0 Å². The summed E-state index contributed by atoms with van der Waals surface area (Å²) in [4.78, 5) is 2.20. The average Bonchev–Trinajstić information content (AvgIpc) is 2.15. The van der Waals surface area contributed by atoms with E-state index in [1.807, 2.05) is 12.1 Å². The fourth-order valence-electron chi connectivity index (χ4n) is 1.87. The van der Waals surface area contributed by atoms with Gasteiger partial charge >= 0.3 is 0 Å². The number of hydrogen-bond acceptors (Lipinski definition) is 2. The van der Waals surface area contributed by atoms with Crippen LogP contribution in [0.3, 0.4) is 0 Å². The molecule has 0 fully saturated rings. The normalized spacial score (nSPS) is 15.3. The summed E-state index contributed by atoms with van der Waals surface area (Å²) in [5.41, 5.74) is 1.21. The average molecular weight is 207 g/mol. The van der Waals surface area contributed by atoms with Crippen molar-refractivity contribution >= 4 is 0 Å². The maximum absolute atomic E-state index is 9.42. The van der Waals surface area contributed by atoms with Gasteiger partial charge in [0.05, 0.1) is 0 Å². The van der Waals surface area contributed by atoms with Gasteiger partial charge in [0, 0.05) is 6.54 Å². The largest absolute Gasteiger partial charge is 0.508 e. The Morgan fingerprint density at radius 1 is 1.27 bits per heavy atom. The fourth-order valence-corrected chi connectivity index (χ4v) is 1.87. The lowest BCUT2D eigenvalue weighted by Crippen LogP contribution is -2.23. The van der Waals surface area contributed by atoms with E-state index in [9.17, 15) is 5.11 Å². The minimum absolute atomic E-state index is 0.358. The van der Waals surface area contributed by atoms with Gasteiger partial charge in [-0.15, -0.1) is 0 Å². The van der Waals surface area contributed by atoms with Crippen LogP contribution >= 0.6 is 0 Å². The first-order valence-electron chi connectivity index (χ1n) is 5.44. The Labute approximate surface area is 92.5 Å². The SMILES string of the molecule is CC(CN(C)C)[C@@H](C)c1cccc(O)c1. The third-order valence-corrected chi connectivity index (χ3v) is 2.90. The van der Waals surface area contributed by atoms with Crippen molar-refractivity contribution in [3.05, 3.63) is 29.8 Å². The predicted octanol–water partition coefficient (Wildman–Crippen LogP) is 2.69. The van der Waals surface area contributed by atoms with E-state index < -0.39 is 0 Å². The second kappa shape index (κ2) is 5.17. The van der Waals surface area contributed by atoms with Crippen molar-refractivity contribution in [3.63, 3.8) is 0 Å². The van der Waals surface area contributed by atoms with Crippen LogP contribution in [0.2, 0.25) is 0 Å². The number of benzene rings is 1. The summed E-state index contributed by atoms with van der Waals surface area (Å²) in [6.07, 6.45) is 0. The molecule has 2 heteroatoms. The highest BCUT2D eigenvalue weighted by atomic mass is 16.3. The highest BCUT2D eigenvalue weighted by Gasteiger charge is 2.15. The molecule has 0 amide bonds. The minimum atomic E-state index is 0.358. The molecule has 84 valence electrons. The molecular formula is C13H21NO. The Kier molecular flexibility index (Phi) is 4.15. The zero-order chi connectivity index (χ0) is 11.4.